The molecule has 1 aromatic carbocycles. The maximum absolute atomic E-state index is 13.0. The Kier molecular flexibility index (Phi) is 4.34. The summed E-state index contributed by atoms with van der Waals surface area (Å²) in [6.45, 7) is 0. The second kappa shape index (κ2) is 7.16. The van der Waals surface area contributed by atoms with Crippen LogP contribution in [-0.2, 0) is 0 Å². The first kappa shape index (κ1) is 17.6. The average molecular weight is 423 g/mol. The lowest BCUT2D eigenvalue weighted by Crippen LogP contribution is -2.13. The Balaban J connectivity index is 1.54. The highest BCUT2D eigenvalue weighted by Crippen LogP contribution is 2.30. The number of anilines is 1. The monoisotopic (exact) mass is 422 g/mol. The lowest BCUT2D eigenvalue weighted by Gasteiger charge is -2.08. The average Bonchev–Trinajstić information content (AvgIpc) is 3.48. The minimum absolute atomic E-state index is 0.0361. The number of nitrogens with zero attached hydrogens (tertiary/aromatic N) is 3. The molecule has 0 atom stereocenters. The van der Waals surface area contributed by atoms with E-state index in [1.807, 2.05) is 17.5 Å². The molecule has 5 rings (SSSR count). The largest absolute Gasteiger partial charge is 0.459 e. The number of thiophene rings is 1. The lowest BCUT2D eigenvalue weighted by atomic mass is 10.1. The zero-order chi connectivity index (χ0) is 19.8. The number of carbonyl (C=O) groups excluding carboxylic acids is 1. The van der Waals surface area contributed by atoms with Gasteiger partial charge in [0.25, 0.3) is 11.8 Å². The summed E-state index contributed by atoms with van der Waals surface area (Å²) in [5.41, 5.74) is 1.76. The smallest absolute Gasteiger partial charge is 0.322 e. The Bertz CT molecular complexity index is 1310. The van der Waals surface area contributed by atoms with Gasteiger partial charge in [0.1, 0.15) is 0 Å². The van der Waals surface area contributed by atoms with Crippen molar-refractivity contribution in [3.05, 3.63) is 70.8 Å². The molecule has 7 nitrogen and oxygen atoms in total. The van der Waals surface area contributed by atoms with Crippen LogP contribution in [0.25, 0.3) is 33.1 Å². The molecule has 0 saturated carbocycles. The number of halogens is 1. The molecule has 0 radical (unpaired) electrons. The van der Waals surface area contributed by atoms with Crippen molar-refractivity contribution in [2.75, 3.05) is 5.32 Å². The maximum Gasteiger partial charge on any atom is 0.322 e. The number of aromatic nitrogens is 3. The van der Waals surface area contributed by atoms with E-state index in [9.17, 15) is 4.79 Å². The third kappa shape index (κ3) is 3.39. The molecule has 4 aromatic heterocycles. The van der Waals surface area contributed by atoms with Crippen LogP contribution in [0, 0.1) is 0 Å². The number of nitrogens with one attached hydrogen (secondary N) is 1. The second-order valence-corrected chi connectivity index (χ2v) is 7.42. The molecule has 0 saturated heterocycles. The van der Waals surface area contributed by atoms with Crippen LogP contribution in [0.15, 0.2) is 69.0 Å². The summed E-state index contributed by atoms with van der Waals surface area (Å²) in [5.74, 6) is 0.179. The van der Waals surface area contributed by atoms with Crippen LogP contribution in [0.4, 0.5) is 6.01 Å². The molecule has 0 aliphatic carbocycles. The molecule has 0 unspecified atom stereocenters. The summed E-state index contributed by atoms with van der Waals surface area (Å²) < 4.78 is 10.7. The van der Waals surface area contributed by atoms with Crippen molar-refractivity contribution in [2.24, 2.45) is 0 Å². The third-order valence-corrected chi connectivity index (χ3v) is 5.29. The quantitative estimate of drug-likeness (QED) is 0.410. The van der Waals surface area contributed by atoms with Crippen molar-refractivity contribution in [3.63, 3.8) is 0 Å². The number of hydrogen-bond donors (Lipinski definition) is 1. The van der Waals surface area contributed by atoms with Crippen molar-refractivity contribution in [1.82, 2.24) is 15.2 Å². The van der Waals surface area contributed by atoms with E-state index in [4.69, 9.17) is 20.4 Å². The zero-order valence-electron chi connectivity index (χ0n) is 14.6. The molecule has 142 valence electrons. The number of amides is 1. The van der Waals surface area contributed by atoms with E-state index in [0.717, 1.165) is 4.88 Å². The Morgan fingerprint density at radius 1 is 1.10 bits per heavy atom. The molecule has 1 N–H and O–H groups in total. The van der Waals surface area contributed by atoms with Gasteiger partial charge in [0.05, 0.1) is 27.9 Å². The fourth-order valence-corrected chi connectivity index (χ4v) is 3.73. The van der Waals surface area contributed by atoms with Crippen LogP contribution in [-0.4, -0.2) is 21.1 Å². The summed E-state index contributed by atoms with van der Waals surface area (Å²) in [6.07, 6.45) is 1.50. The fourth-order valence-electron chi connectivity index (χ4n) is 2.87. The van der Waals surface area contributed by atoms with Gasteiger partial charge in [-0.3, -0.25) is 10.1 Å². The van der Waals surface area contributed by atoms with Crippen LogP contribution in [0.1, 0.15) is 10.4 Å². The van der Waals surface area contributed by atoms with Crippen molar-refractivity contribution in [2.45, 2.75) is 0 Å². The van der Waals surface area contributed by atoms with Crippen LogP contribution in [0.3, 0.4) is 0 Å². The van der Waals surface area contributed by atoms with Gasteiger partial charge in [-0.15, -0.1) is 16.4 Å². The molecule has 29 heavy (non-hydrogen) atoms. The van der Waals surface area contributed by atoms with E-state index in [1.54, 1.807) is 47.7 Å². The Labute approximate surface area is 173 Å². The SMILES string of the molecule is O=C(Nc1nnc(-c2ccco2)o1)c1cc(-c2cccs2)nc2ccc(Cl)cc12. The highest BCUT2D eigenvalue weighted by molar-refractivity contribution is 7.13. The van der Waals surface area contributed by atoms with Gasteiger partial charge in [-0.1, -0.05) is 22.8 Å². The first-order valence-corrected chi connectivity index (χ1v) is 9.76. The summed E-state index contributed by atoms with van der Waals surface area (Å²) in [6, 6.07) is 14.2. The van der Waals surface area contributed by atoms with Crippen molar-refractivity contribution >= 4 is 45.8 Å². The molecule has 1 amide bonds. The molecular formula is C20H11ClN4O3S. The lowest BCUT2D eigenvalue weighted by molar-refractivity contribution is 0.102. The van der Waals surface area contributed by atoms with E-state index in [1.165, 1.54) is 6.26 Å². The van der Waals surface area contributed by atoms with Gasteiger partial charge < -0.3 is 8.83 Å². The van der Waals surface area contributed by atoms with Crippen LogP contribution >= 0.6 is 22.9 Å². The molecule has 5 aromatic rings. The molecule has 0 spiro atoms. The summed E-state index contributed by atoms with van der Waals surface area (Å²) in [4.78, 5) is 18.6. The number of rotatable bonds is 4. The van der Waals surface area contributed by atoms with Gasteiger partial charge in [0.2, 0.25) is 0 Å². The molecule has 9 heteroatoms. The Hall–Kier alpha value is -3.49. The minimum atomic E-state index is -0.410. The number of fused-ring (bicyclic) bond motifs is 1. The number of pyridine rings is 1. The topological polar surface area (TPSA) is 94.1 Å². The van der Waals surface area contributed by atoms with Crippen molar-refractivity contribution in [3.8, 4) is 22.2 Å². The maximum atomic E-state index is 13.0. The van der Waals surface area contributed by atoms with Gasteiger partial charge in [-0.05, 0) is 47.8 Å². The highest BCUT2D eigenvalue weighted by Gasteiger charge is 2.18. The Morgan fingerprint density at radius 2 is 2.03 bits per heavy atom. The standard InChI is InChI=1S/C20H11ClN4O3S/c21-11-5-6-14-12(9-11)13(10-15(22-14)17-4-2-8-29-17)18(26)23-20-25-24-19(28-20)16-3-1-7-27-16/h1-10H,(H,23,25,26). The summed E-state index contributed by atoms with van der Waals surface area (Å²) in [5, 5.41) is 13.5. The fraction of sp³-hybridized carbons (Fsp3) is 0. The van der Waals surface area contributed by atoms with E-state index < -0.39 is 5.91 Å². The van der Waals surface area contributed by atoms with E-state index in [0.29, 0.717) is 32.9 Å². The van der Waals surface area contributed by atoms with Gasteiger partial charge in [0, 0.05) is 10.4 Å². The zero-order valence-corrected chi connectivity index (χ0v) is 16.2. The molecule has 4 heterocycles. The Morgan fingerprint density at radius 3 is 2.83 bits per heavy atom. The third-order valence-electron chi connectivity index (χ3n) is 4.17. The van der Waals surface area contributed by atoms with E-state index in [-0.39, 0.29) is 11.9 Å². The van der Waals surface area contributed by atoms with Gasteiger partial charge in [-0.2, -0.15) is 0 Å². The normalized spacial score (nSPS) is 11.1. The van der Waals surface area contributed by atoms with Crippen LogP contribution < -0.4 is 5.32 Å². The first-order valence-electron chi connectivity index (χ1n) is 8.50. The molecule has 0 fully saturated rings. The number of furan rings is 1. The van der Waals surface area contributed by atoms with Crippen LogP contribution in [0.2, 0.25) is 5.02 Å². The molecule has 0 bridgehead atoms. The molecule has 0 aliphatic heterocycles. The first-order chi connectivity index (χ1) is 14.2. The minimum Gasteiger partial charge on any atom is -0.459 e. The van der Waals surface area contributed by atoms with Gasteiger partial charge in [-0.25, -0.2) is 4.98 Å². The van der Waals surface area contributed by atoms with Gasteiger partial charge in [0.15, 0.2) is 5.76 Å². The second-order valence-electron chi connectivity index (χ2n) is 6.04. The van der Waals surface area contributed by atoms with E-state index in [2.05, 4.69) is 20.5 Å². The highest BCUT2D eigenvalue weighted by atomic mass is 35.5. The summed E-state index contributed by atoms with van der Waals surface area (Å²) >= 11 is 7.69. The van der Waals surface area contributed by atoms with Gasteiger partial charge >= 0.3 is 6.01 Å². The van der Waals surface area contributed by atoms with Crippen molar-refractivity contribution in [1.29, 1.82) is 0 Å². The summed E-state index contributed by atoms with van der Waals surface area (Å²) in [7, 11) is 0. The van der Waals surface area contributed by atoms with Crippen molar-refractivity contribution < 1.29 is 13.6 Å². The number of hydrogen-bond acceptors (Lipinski definition) is 7. The number of carbonyl (C=O) groups is 1. The van der Waals surface area contributed by atoms with E-state index >= 15 is 0 Å². The van der Waals surface area contributed by atoms with Crippen LogP contribution in [0.5, 0.6) is 0 Å². The number of benzene rings is 1. The predicted octanol–water partition coefficient (Wildman–Crippen LogP) is 5.51. The predicted molar refractivity (Wildman–Crippen MR) is 110 cm³/mol. The molecule has 0 aliphatic rings. The molecular weight excluding hydrogens is 412 g/mol.